The molecule has 0 amide bonds. The van der Waals surface area contributed by atoms with Crippen LogP contribution in [0.2, 0.25) is 23.9 Å². The Morgan fingerprint density at radius 3 is 2.21 bits per heavy atom. The third-order valence-corrected chi connectivity index (χ3v) is 15.4. The van der Waals surface area contributed by atoms with Crippen molar-refractivity contribution in [3.05, 3.63) is 27.2 Å². The van der Waals surface area contributed by atoms with Crippen molar-refractivity contribution in [1.29, 1.82) is 0 Å². The Hall–Kier alpha value is 0.609. The first-order valence-corrected chi connectivity index (χ1v) is 16.1. The van der Waals surface area contributed by atoms with Crippen molar-refractivity contribution in [1.82, 2.24) is 0 Å². The summed E-state index contributed by atoms with van der Waals surface area (Å²) in [4.78, 5) is 0. The van der Waals surface area contributed by atoms with Gasteiger partial charge in [0.2, 0.25) is 0 Å². The second-order valence-electron chi connectivity index (χ2n) is 6.18. The summed E-state index contributed by atoms with van der Waals surface area (Å²) in [6.07, 6.45) is 4.69. The summed E-state index contributed by atoms with van der Waals surface area (Å²) in [5, 5.41) is 1.32. The molecule has 24 heavy (non-hydrogen) atoms. The van der Waals surface area contributed by atoms with Gasteiger partial charge in [-0.25, -0.2) is 0 Å². The van der Waals surface area contributed by atoms with Crippen LogP contribution in [-0.4, -0.2) is 38.5 Å². The van der Waals surface area contributed by atoms with Crippen LogP contribution in [-0.2, 0) is 6.15 Å². The van der Waals surface area contributed by atoms with E-state index in [1.54, 1.807) is 12.1 Å². The van der Waals surface area contributed by atoms with Gasteiger partial charge in [-0.15, -0.1) is 0 Å². The van der Waals surface area contributed by atoms with Crippen LogP contribution in [0.4, 0.5) is 0 Å². The first-order valence-electron chi connectivity index (χ1n) is 8.58. The number of benzene rings is 1. The predicted octanol–water partition coefficient (Wildman–Crippen LogP) is 6.48. The van der Waals surface area contributed by atoms with Gasteiger partial charge in [0.25, 0.3) is 0 Å². The molecular weight excluding hydrogens is 477 g/mol. The van der Waals surface area contributed by atoms with E-state index in [-0.39, 0.29) is 6.10 Å². The fourth-order valence-corrected chi connectivity index (χ4v) is 14.8. The molecule has 1 atom stereocenters. The molecule has 0 aliphatic carbocycles. The molecule has 136 valence electrons. The Labute approximate surface area is 164 Å². The molecular formula is C17H25Cl3O3Sn. The molecule has 0 saturated carbocycles. The maximum absolute atomic E-state index is 6.43. The van der Waals surface area contributed by atoms with Gasteiger partial charge in [0, 0.05) is 0 Å². The molecule has 1 aromatic rings. The second-order valence-corrected chi connectivity index (χ2v) is 17.0. The quantitative estimate of drug-likeness (QED) is 0.362. The zero-order valence-corrected chi connectivity index (χ0v) is 19.4. The summed E-state index contributed by atoms with van der Waals surface area (Å²) in [6.45, 7) is 5.43. The molecule has 1 unspecified atom stereocenters. The van der Waals surface area contributed by atoms with Crippen LogP contribution in [0.25, 0.3) is 0 Å². The van der Waals surface area contributed by atoms with Gasteiger partial charge < -0.3 is 0 Å². The number of hydrogen-bond acceptors (Lipinski definition) is 3. The Bertz CT molecular complexity index is 511. The van der Waals surface area contributed by atoms with Gasteiger partial charge in [0.05, 0.1) is 0 Å². The summed E-state index contributed by atoms with van der Waals surface area (Å²) in [6, 6.07) is 3.25. The van der Waals surface area contributed by atoms with E-state index in [1.807, 2.05) is 0 Å². The molecule has 0 N–H and O–H groups in total. The van der Waals surface area contributed by atoms with E-state index in [2.05, 4.69) is 13.8 Å². The van der Waals surface area contributed by atoms with Crippen LogP contribution in [0.5, 0.6) is 5.75 Å². The van der Waals surface area contributed by atoms with Crippen LogP contribution in [0.3, 0.4) is 0 Å². The number of hydrogen-bond donors (Lipinski definition) is 0. The van der Waals surface area contributed by atoms with Gasteiger partial charge >= 0.3 is 166 Å². The van der Waals surface area contributed by atoms with E-state index in [1.165, 1.54) is 25.7 Å². The Morgan fingerprint density at radius 2 is 1.67 bits per heavy atom. The minimum atomic E-state index is -2.91. The average molecular weight is 502 g/mol. The fourth-order valence-electron chi connectivity index (χ4n) is 2.82. The van der Waals surface area contributed by atoms with Gasteiger partial charge in [-0.1, -0.05) is 0 Å². The summed E-state index contributed by atoms with van der Waals surface area (Å²) < 4.78 is 20.7. The molecule has 1 aliphatic heterocycles. The van der Waals surface area contributed by atoms with E-state index in [9.17, 15) is 0 Å². The van der Waals surface area contributed by atoms with Gasteiger partial charge in [-0.2, -0.15) is 0 Å². The van der Waals surface area contributed by atoms with E-state index in [4.69, 9.17) is 45.7 Å². The molecule has 0 radical (unpaired) electrons. The molecule has 1 aromatic carbocycles. The summed E-state index contributed by atoms with van der Waals surface area (Å²) in [5.74, 6) is 0.459. The van der Waals surface area contributed by atoms with Crippen LogP contribution < -0.4 is 4.74 Å². The number of ether oxygens (including phenoxy) is 1. The van der Waals surface area contributed by atoms with Gasteiger partial charge in [0.15, 0.2) is 0 Å². The van der Waals surface area contributed by atoms with Crippen LogP contribution in [0, 0.1) is 0 Å². The molecule has 0 aromatic heterocycles. The maximum atomic E-state index is 6.43. The molecule has 1 saturated heterocycles. The number of unbranched alkanes of at least 4 members (excludes halogenated alkanes) is 2. The summed E-state index contributed by atoms with van der Waals surface area (Å²) >= 11 is 15.3. The second kappa shape index (κ2) is 10.1. The van der Waals surface area contributed by atoms with Crippen molar-refractivity contribution in [3.63, 3.8) is 0 Å². The third-order valence-electron chi connectivity index (χ3n) is 4.11. The van der Waals surface area contributed by atoms with Gasteiger partial charge in [-0.3, -0.25) is 0 Å². The predicted molar refractivity (Wildman–Crippen MR) is 103 cm³/mol. The topological polar surface area (TPSA) is 27.7 Å². The SMILES string of the molecule is CCC[CH2][Sn]1([CH2]CCC)[O]CC(COc2c(Cl)cc(Cl)cc2Cl)[O]1. The fraction of sp³-hybridized carbons (Fsp3) is 0.647. The van der Waals surface area contributed by atoms with Crippen LogP contribution >= 0.6 is 34.8 Å². The molecule has 0 spiro atoms. The molecule has 1 heterocycles. The average Bonchev–Trinajstić information content (AvgIpc) is 2.94. The first kappa shape index (κ1) is 20.9. The van der Waals surface area contributed by atoms with E-state index >= 15 is 0 Å². The zero-order valence-electron chi connectivity index (χ0n) is 14.2. The number of rotatable bonds is 9. The van der Waals surface area contributed by atoms with E-state index in [0.29, 0.717) is 34.0 Å². The standard InChI is InChI=1S/C9H7Cl3O3.2C4H9.Sn/c10-5-1-7(11)9(8(12)2-5)15-4-6(14)3-13;2*1-3-4-2;/h1-2,6H,3-4H2;2*1,3-4H2,2H3;/q-2;;;+2. The van der Waals surface area contributed by atoms with Crippen molar-refractivity contribution in [2.75, 3.05) is 13.2 Å². The van der Waals surface area contributed by atoms with Gasteiger partial charge in [-0.05, 0) is 0 Å². The molecule has 2 rings (SSSR count). The van der Waals surface area contributed by atoms with Crippen LogP contribution in [0.15, 0.2) is 12.1 Å². The normalized spacial score (nSPS) is 19.6. The van der Waals surface area contributed by atoms with Crippen molar-refractivity contribution >= 4 is 54.0 Å². The van der Waals surface area contributed by atoms with Gasteiger partial charge in [0.1, 0.15) is 0 Å². The third kappa shape index (κ3) is 5.81. The van der Waals surface area contributed by atoms with Crippen molar-refractivity contribution in [3.8, 4) is 5.75 Å². The minimum absolute atomic E-state index is 0.0303. The van der Waals surface area contributed by atoms with Crippen molar-refractivity contribution in [2.24, 2.45) is 0 Å². The zero-order chi connectivity index (χ0) is 17.6. The Balaban J connectivity index is 1.94. The monoisotopic (exact) mass is 502 g/mol. The molecule has 3 nitrogen and oxygen atoms in total. The van der Waals surface area contributed by atoms with Crippen molar-refractivity contribution in [2.45, 2.75) is 54.5 Å². The van der Waals surface area contributed by atoms with E-state index in [0.717, 1.165) is 8.87 Å². The molecule has 0 bridgehead atoms. The van der Waals surface area contributed by atoms with E-state index < -0.39 is 19.2 Å². The molecule has 7 heteroatoms. The molecule has 1 aliphatic rings. The Kier molecular flexibility index (Phi) is 8.78. The molecule has 1 fully saturated rings. The summed E-state index contributed by atoms with van der Waals surface area (Å²) in [7, 11) is 0. The van der Waals surface area contributed by atoms with Crippen LogP contribution in [0.1, 0.15) is 39.5 Å². The summed E-state index contributed by atoms with van der Waals surface area (Å²) in [5.41, 5.74) is 0. The van der Waals surface area contributed by atoms with Crippen molar-refractivity contribution < 1.29 is 10.9 Å². The Morgan fingerprint density at radius 1 is 1.08 bits per heavy atom. The first-order chi connectivity index (χ1) is 11.5. The number of halogens is 3.